The third kappa shape index (κ3) is 4.72. The number of anilines is 1. The molecule has 1 heterocycles. The lowest BCUT2D eigenvalue weighted by molar-refractivity contribution is -0.129. The summed E-state index contributed by atoms with van der Waals surface area (Å²) in [7, 11) is 0. The van der Waals surface area contributed by atoms with Crippen LogP contribution in [0.15, 0.2) is 59.6 Å². The Morgan fingerprint density at radius 1 is 1.07 bits per heavy atom. The largest absolute Gasteiger partial charge is 0.325 e. The fourth-order valence-electron chi connectivity index (χ4n) is 2.61. The first kappa shape index (κ1) is 19.5. The minimum absolute atomic E-state index is 0.0309. The van der Waals surface area contributed by atoms with Gasteiger partial charge in [-0.1, -0.05) is 42.1 Å². The van der Waals surface area contributed by atoms with Crippen LogP contribution in [0.2, 0.25) is 0 Å². The summed E-state index contributed by atoms with van der Waals surface area (Å²) in [6.07, 6.45) is 0. The zero-order valence-electron chi connectivity index (χ0n) is 15.0. The Morgan fingerprint density at radius 2 is 1.75 bits per heavy atom. The van der Waals surface area contributed by atoms with Crippen molar-refractivity contribution in [1.82, 2.24) is 5.32 Å². The van der Waals surface area contributed by atoms with Gasteiger partial charge in [0.05, 0.1) is 5.75 Å². The number of nitrogens with one attached hydrogen (secondary N) is 2. The molecule has 142 valence electrons. The maximum absolute atomic E-state index is 12.3. The molecule has 1 atom stereocenters. The Morgan fingerprint density at radius 3 is 2.36 bits per heavy atom. The Balaban J connectivity index is 1.57. The molecule has 0 bridgehead atoms. The van der Waals surface area contributed by atoms with Gasteiger partial charge in [0.1, 0.15) is 5.92 Å². The smallest absolute Gasteiger partial charge is 0.265 e. The number of benzene rings is 2. The van der Waals surface area contributed by atoms with E-state index in [1.807, 2.05) is 0 Å². The van der Waals surface area contributed by atoms with Crippen LogP contribution in [0.4, 0.5) is 5.69 Å². The van der Waals surface area contributed by atoms with Crippen LogP contribution in [0.25, 0.3) is 0 Å². The van der Waals surface area contributed by atoms with E-state index in [1.54, 1.807) is 54.6 Å². The van der Waals surface area contributed by atoms with Crippen LogP contribution in [-0.2, 0) is 14.4 Å². The number of hydrogen-bond donors (Lipinski definition) is 2. The summed E-state index contributed by atoms with van der Waals surface area (Å²) in [6, 6.07) is 15.2. The number of ketones is 1. The summed E-state index contributed by atoms with van der Waals surface area (Å²) in [5, 5.41) is 5.35. The van der Waals surface area contributed by atoms with E-state index in [4.69, 9.17) is 0 Å². The average molecular weight is 395 g/mol. The number of rotatable bonds is 5. The summed E-state index contributed by atoms with van der Waals surface area (Å²) >= 11 is 0.969. The molecule has 0 saturated heterocycles. The van der Waals surface area contributed by atoms with Gasteiger partial charge in [0.2, 0.25) is 11.8 Å². The quantitative estimate of drug-likeness (QED) is 0.597. The standard InChI is InChI=1S/C20H17N3O4S/c1-12(24)13-7-9-15(10-8-13)21-16(25)11-28-20-22-18(26)17(19(27)23-20)14-5-3-2-4-6-14/h2-10,17H,11H2,1H3,(H,21,25)(H,22,23,26,27). The highest BCUT2D eigenvalue weighted by Gasteiger charge is 2.33. The Kier molecular flexibility index (Phi) is 6.00. The third-order valence-corrected chi connectivity index (χ3v) is 4.87. The second-order valence-corrected chi connectivity index (χ2v) is 7.02. The summed E-state index contributed by atoms with van der Waals surface area (Å²) in [4.78, 5) is 51.8. The van der Waals surface area contributed by atoms with Gasteiger partial charge < -0.3 is 10.6 Å². The fraction of sp³-hybridized carbons (Fsp3) is 0.150. The molecule has 2 aromatic rings. The lowest BCUT2D eigenvalue weighted by atomic mass is 9.97. The third-order valence-electron chi connectivity index (χ3n) is 4.00. The summed E-state index contributed by atoms with van der Waals surface area (Å²) in [5.74, 6) is -2.41. The fourth-order valence-corrected chi connectivity index (χ4v) is 3.28. The van der Waals surface area contributed by atoms with Gasteiger partial charge in [-0.25, -0.2) is 0 Å². The van der Waals surface area contributed by atoms with Crippen LogP contribution in [0.3, 0.4) is 0 Å². The Bertz CT molecular complexity index is 955. The maximum Gasteiger partial charge on any atom is 0.265 e. The van der Waals surface area contributed by atoms with Crippen LogP contribution in [0.5, 0.6) is 0 Å². The van der Waals surface area contributed by atoms with Gasteiger partial charge in [0, 0.05) is 11.3 Å². The number of carbonyl (C=O) groups excluding carboxylic acids is 4. The van der Waals surface area contributed by atoms with Crippen molar-refractivity contribution in [2.75, 3.05) is 11.1 Å². The normalized spacial score (nSPS) is 16.2. The maximum atomic E-state index is 12.3. The van der Waals surface area contributed by atoms with Crippen molar-refractivity contribution < 1.29 is 19.2 Å². The van der Waals surface area contributed by atoms with Gasteiger partial charge in [-0.2, -0.15) is 4.99 Å². The number of hydrogen-bond acceptors (Lipinski definition) is 5. The van der Waals surface area contributed by atoms with Gasteiger partial charge in [0.25, 0.3) is 5.91 Å². The van der Waals surface area contributed by atoms with Crippen LogP contribution >= 0.6 is 11.8 Å². The van der Waals surface area contributed by atoms with E-state index in [1.165, 1.54) is 6.92 Å². The Hall–Kier alpha value is -3.26. The van der Waals surface area contributed by atoms with Gasteiger partial charge >= 0.3 is 0 Å². The highest BCUT2D eigenvalue weighted by atomic mass is 32.2. The molecule has 0 aromatic heterocycles. The van der Waals surface area contributed by atoms with Crippen molar-refractivity contribution in [3.05, 3.63) is 65.7 Å². The second-order valence-electron chi connectivity index (χ2n) is 6.06. The van der Waals surface area contributed by atoms with Crippen molar-refractivity contribution in [2.24, 2.45) is 4.99 Å². The number of thioether (sulfide) groups is 1. The van der Waals surface area contributed by atoms with Gasteiger partial charge in [-0.15, -0.1) is 0 Å². The van der Waals surface area contributed by atoms with Crippen LogP contribution in [0.1, 0.15) is 28.8 Å². The molecular weight excluding hydrogens is 378 g/mol. The lowest BCUT2D eigenvalue weighted by Crippen LogP contribution is -2.41. The molecule has 0 saturated carbocycles. The Labute approximate surface area is 165 Å². The van der Waals surface area contributed by atoms with E-state index in [0.717, 1.165) is 11.8 Å². The second kappa shape index (κ2) is 8.62. The van der Waals surface area contributed by atoms with Crippen molar-refractivity contribution in [3.8, 4) is 0 Å². The topological polar surface area (TPSA) is 105 Å². The minimum atomic E-state index is -0.973. The zero-order valence-corrected chi connectivity index (χ0v) is 15.8. The minimum Gasteiger partial charge on any atom is -0.325 e. The summed E-state index contributed by atoms with van der Waals surface area (Å²) in [5.41, 5.74) is 1.67. The first-order chi connectivity index (χ1) is 13.4. The molecule has 3 rings (SSSR count). The molecule has 2 N–H and O–H groups in total. The predicted octanol–water partition coefficient (Wildman–Crippen LogP) is 2.36. The van der Waals surface area contributed by atoms with Crippen LogP contribution in [-0.4, -0.2) is 34.4 Å². The van der Waals surface area contributed by atoms with Crippen molar-refractivity contribution in [1.29, 1.82) is 0 Å². The zero-order chi connectivity index (χ0) is 20.1. The number of amides is 3. The molecule has 0 radical (unpaired) electrons. The first-order valence-electron chi connectivity index (χ1n) is 8.46. The molecule has 28 heavy (non-hydrogen) atoms. The van der Waals surface area contributed by atoms with Crippen LogP contribution in [0, 0.1) is 0 Å². The predicted molar refractivity (Wildman–Crippen MR) is 107 cm³/mol. The average Bonchev–Trinajstić information content (AvgIpc) is 2.67. The molecule has 8 heteroatoms. The molecule has 0 spiro atoms. The molecule has 1 aliphatic rings. The van der Waals surface area contributed by atoms with Crippen LogP contribution < -0.4 is 10.6 Å². The van der Waals surface area contributed by atoms with E-state index in [-0.39, 0.29) is 22.6 Å². The van der Waals surface area contributed by atoms with Crippen molar-refractivity contribution >= 4 is 46.1 Å². The van der Waals surface area contributed by atoms with Crippen molar-refractivity contribution in [2.45, 2.75) is 12.8 Å². The molecule has 3 amide bonds. The highest BCUT2D eigenvalue weighted by molar-refractivity contribution is 8.14. The van der Waals surface area contributed by atoms with E-state index in [2.05, 4.69) is 15.6 Å². The summed E-state index contributed by atoms with van der Waals surface area (Å²) in [6.45, 7) is 1.47. The lowest BCUT2D eigenvalue weighted by Gasteiger charge is -2.19. The van der Waals surface area contributed by atoms with E-state index in [0.29, 0.717) is 16.8 Å². The van der Waals surface area contributed by atoms with E-state index in [9.17, 15) is 19.2 Å². The highest BCUT2D eigenvalue weighted by Crippen LogP contribution is 2.22. The number of aliphatic imine (C=N–C) groups is 1. The number of nitrogens with zero attached hydrogens (tertiary/aromatic N) is 1. The molecule has 7 nitrogen and oxygen atoms in total. The van der Waals surface area contributed by atoms with Gasteiger partial charge in [-0.05, 0) is 36.8 Å². The molecule has 1 aliphatic heterocycles. The first-order valence-corrected chi connectivity index (χ1v) is 9.44. The monoisotopic (exact) mass is 395 g/mol. The SMILES string of the molecule is CC(=O)c1ccc(NC(=O)CSC2=NC(=O)C(c3ccccc3)C(=O)N2)cc1. The molecule has 0 aliphatic carbocycles. The van der Waals surface area contributed by atoms with E-state index >= 15 is 0 Å². The number of carbonyl (C=O) groups is 4. The number of amidine groups is 1. The molecule has 2 aromatic carbocycles. The summed E-state index contributed by atoms with van der Waals surface area (Å²) < 4.78 is 0. The van der Waals surface area contributed by atoms with Gasteiger partial charge in [0.15, 0.2) is 11.0 Å². The van der Waals surface area contributed by atoms with E-state index < -0.39 is 17.7 Å². The molecule has 1 unspecified atom stereocenters. The molecular formula is C20H17N3O4S. The van der Waals surface area contributed by atoms with Crippen molar-refractivity contribution in [3.63, 3.8) is 0 Å². The molecule has 0 fully saturated rings. The number of Topliss-reactive ketones (excluding diaryl/α,β-unsaturated/α-hetero) is 1. The van der Waals surface area contributed by atoms with Gasteiger partial charge in [-0.3, -0.25) is 19.2 Å².